The van der Waals surface area contributed by atoms with Gasteiger partial charge in [-0.15, -0.1) is 0 Å². The van der Waals surface area contributed by atoms with Crippen LogP contribution in [-0.4, -0.2) is 25.0 Å². The number of nitrogens with one attached hydrogen (secondary N) is 2. The Morgan fingerprint density at radius 2 is 2.00 bits per heavy atom. The van der Waals surface area contributed by atoms with Gasteiger partial charge in [0.1, 0.15) is 0 Å². The van der Waals surface area contributed by atoms with Crippen LogP contribution in [0, 0.1) is 0 Å². The van der Waals surface area contributed by atoms with Crippen molar-refractivity contribution in [1.82, 2.24) is 10.6 Å². The molecule has 0 heterocycles. The second-order valence-electron chi connectivity index (χ2n) is 4.69. The third kappa shape index (κ3) is 6.81. The van der Waals surface area contributed by atoms with Gasteiger partial charge in [0.25, 0.3) is 0 Å². The van der Waals surface area contributed by atoms with Gasteiger partial charge in [0.15, 0.2) is 0 Å². The van der Waals surface area contributed by atoms with Gasteiger partial charge in [-0.3, -0.25) is 4.79 Å². The molecular weight excluding hydrogens is 283 g/mol. The summed E-state index contributed by atoms with van der Waals surface area (Å²) in [5.74, 6) is 0.0539. The fourth-order valence-electron chi connectivity index (χ4n) is 1.62. The minimum atomic E-state index is 0.0539. The van der Waals surface area contributed by atoms with E-state index in [1.54, 1.807) is 12.1 Å². The van der Waals surface area contributed by atoms with Gasteiger partial charge in [0.05, 0.1) is 0 Å². The van der Waals surface area contributed by atoms with E-state index in [2.05, 4.69) is 24.5 Å². The molecular formula is C14H20Cl2N2O. The van der Waals surface area contributed by atoms with Crippen LogP contribution in [0.3, 0.4) is 0 Å². The van der Waals surface area contributed by atoms with Crippen LogP contribution < -0.4 is 10.6 Å². The number of carbonyl (C=O) groups is 1. The van der Waals surface area contributed by atoms with Crippen molar-refractivity contribution >= 4 is 29.1 Å². The van der Waals surface area contributed by atoms with Crippen molar-refractivity contribution in [2.75, 3.05) is 13.1 Å². The van der Waals surface area contributed by atoms with Crippen LogP contribution in [0.15, 0.2) is 18.2 Å². The maximum absolute atomic E-state index is 11.5. The maximum atomic E-state index is 11.5. The molecule has 0 radical (unpaired) electrons. The van der Waals surface area contributed by atoms with Crippen molar-refractivity contribution in [2.24, 2.45) is 0 Å². The molecule has 0 unspecified atom stereocenters. The Morgan fingerprint density at radius 3 is 2.63 bits per heavy atom. The van der Waals surface area contributed by atoms with Gasteiger partial charge >= 0.3 is 0 Å². The van der Waals surface area contributed by atoms with E-state index in [4.69, 9.17) is 23.2 Å². The molecule has 0 saturated carbocycles. The molecule has 3 nitrogen and oxygen atoms in total. The molecule has 0 atom stereocenters. The van der Waals surface area contributed by atoms with Crippen LogP contribution >= 0.6 is 23.2 Å². The van der Waals surface area contributed by atoms with Gasteiger partial charge < -0.3 is 10.6 Å². The predicted octanol–water partition coefficient (Wildman–Crippen LogP) is 3.04. The fourth-order valence-corrected chi connectivity index (χ4v) is 2.13. The summed E-state index contributed by atoms with van der Waals surface area (Å²) in [5, 5.41) is 7.34. The van der Waals surface area contributed by atoms with Crippen molar-refractivity contribution in [3.63, 3.8) is 0 Å². The molecule has 1 amide bonds. The van der Waals surface area contributed by atoms with E-state index in [1.165, 1.54) is 0 Å². The molecule has 0 fully saturated rings. The average Bonchev–Trinajstić information content (AvgIpc) is 2.31. The Balaban J connectivity index is 2.24. The lowest BCUT2D eigenvalue weighted by Gasteiger charge is -2.09. The van der Waals surface area contributed by atoms with Gasteiger partial charge in [-0.1, -0.05) is 43.1 Å². The quantitative estimate of drug-likeness (QED) is 0.813. The van der Waals surface area contributed by atoms with Crippen LogP contribution in [0.25, 0.3) is 0 Å². The van der Waals surface area contributed by atoms with Crippen molar-refractivity contribution in [2.45, 2.75) is 32.7 Å². The zero-order valence-corrected chi connectivity index (χ0v) is 12.8. The molecule has 0 saturated heterocycles. The molecule has 0 aliphatic rings. The number of hydrogen-bond acceptors (Lipinski definition) is 2. The molecule has 5 heteroatoms. The lowest BCUT2D eigenvalue weighted by Crippen LogP contribution is -2.31. The second kappa shape index (κ2) is 8.41. The van der Waals surface area contributed by atoms with Gasteiger partial charge in [-0.2, -0.15) is 0 Å². The normalized spacial score (nSPS) is 10.8. The van der Waals surface area contributed by atoms with E-state index in [1.807, 2.05) is 6.07 Å². The number of carbonyl (C=O) groups excluding carboxylic acids is 1. The van der Waals surface area contributed by atoms with E-state index in [9.17, 15) is 4.79 Å². The zero-order chi connectivity index (χ0) is 14.3. The molecule has 1 aromatic rings. The van der Waals surface area contributed by atoms with Crippen LogP contribution in [0.5, 0.6) is 0 Å². The van der Waals surface area contributed by atoms with Crippen LogP contribution in [0.1, 0.15) is 25.8 Å². The number of rotatable bonds is 7. The SMILES string of the molecule is CC(C)NCCC(=O)NCCc1ccc(Cl)cc1Cl. The lowest BCUT2D eigenvalue weighted by atomic mass is 10.1. The van der Waals surface area contributed by atoms with Crippen LogP contribution in [-0.2, 0) is 11.2 Å². The summed E-state index contributed by atoms with van der Waals surface area (Å²) >= 11 is 11.9. The minimum Gasteiger partial charge on any atom is -0.356 e. The standard InChI is InChI=1S/C14H20Cl2N2O/c1-10(2)17-8-6-14(19)18-7-5-11-3-4-12(15)9-13(11)16/h3-4,9-10,17H,5-8H2,1-2H3,(H,18,19). The molecule has 19 heavy (non-hydrogen) atoms. The van der Waals surface area contributed by atoms with Crippen molar-refractivity contribution < 1.29 is 4.79 Å². The molecule has 0 bridgehead atoms. The average molecular weight is 303 g/mol. The third-order valence-electron chi connectivity index (χ3n) is 2.64. The van der Waals surface area contributed by atoms with Crippen LogP contribution in [0.4, 0.5) is 0 Å². The van der Waals surface area contributed by atoms with Gasteiger partial charge in [-0.05, 0) is 24.1 Å². The Kier molecular flexibility index (Phi) is 7.21. The van der Waals surface area contributed by atoms with E-state index in [0.29, 0.717) is 42.0 Å². The molecule has 0 aromatic heterocycles. The van der Waals surface area contributed by atoms with E-state index in [-0.39, 0.29) is 5.91 Å². The van der Waals surface area contributed by atoms with Crippen molar-refractivity contribution in [1.29, 1.82) is 0 Å². The smallest absolute Gasteiger partial charge is 0.221 e. The molecule has 2 N–H and O–H groups in total. The summed E-state index contributed by atoms with van der Waals surface area (Å²) in [6.07, 6.45) is 1.20. The van der Waals surface area contributed by atoms with E-state index >= 15 is 0 Å². The molecule has 0 aliphatic carbocycles. The minimum absolute atomic E-state index is 0.0539. The highest BCUT2D eigenvalue weighted by atomic mass is 35.5. The second-order valence-corrected chi connectivity index (χ2v) is 5.54. The molecule has 1 aromatic carbocycles. The highest BCUT2D eigenvalue weighted by Crippen LogP contribution is 2.20. The Bertz CT molecular complexity index is 422. The van der Waals surface area contributed by atoms with Gasteiger partial charge in [-0.25, -0.2) is 0 Å². The molecule has 0 spiro atoms. The first-order chi connectivity index (χ1) is 8.99. The van der Waals surface area contributed by atoms with Gasteiger partial charge in [0.2, 0.25) is 5.91 Å². The number of amides is 1. The topological polar surface area (TPSA) is 41.1 Å². The number of benzene rings is 1. The van der Waals surface area contributed by atoms with Crippen molar-refractivity contribution in [3.8, 4) is 0 Å². The molecule has 0 aliphatic heterocycles. The largest absolute Gasteiger partial charge is 0.356 e. The number of halogens is 2. The monoisotopic (exact) mass is 302 g/mol. The molecule has 106 valence electrons. The Hall–Kier alpha value is -0.770. The van der Waals surface area contributed by atoms with Crippen LogP contribution in [0.2, 0.25) is 10.0 Å². The maximum Gasteiger partial charge on any atom is 0.221 e. The highest BCUT2D eigenvalue weighted by molar-refractivity contribution is 6.35. The van der Waals surface area contributed by atoms with Crippen molar-refractivity contribution in [3.05, 3.63) is 33.8 Å². The summed E-state index contributed by atoms with van der Waals surface area (Å²) < 4.78 is 0. The number of hydrogen-bond donors (Lipinski definition) is 2. The summed E-state index contributed by atoms with van der Waals surface area (Å²) in [4.78, 5) is 11.5. The molecule has 1 rings (SSSR count). The first-order valence-electron chi connectivity index (χ1n) is 6.43. The Labute approximate surface area is 124 Å². The predicted molar refractivity (Wildman–Crippen MR) is 80.9 cm³/mol. The summed E-state index contributed by atoms with van der Waals surface area (Å²) in [5.41, 5.74) is 0.992. The fraction of sp³-hybridized carbons (Fsp3) is 0.500. The van der Waals surface area contributed by atoms with E-state index in [0.717, 1.165) is 5.56 Å². The zero-order valence-electron chi connectivity index (χ0n) is 11.3. The lowest BCUT2D eigenvalue weighted by molar-refractivity contribution is -0.120. The van der Waals surface area contributed by atoms with E-state index < -0.39 is 0 Å². The summed E-state index contributed by atoms with van der Waals surface area (Å²) in [6.45, 7) is 5.40. The highest BCUT2D eigenvalue weighted by Gasteiger charge is 2.04. The van der Waals surface area contributed by atoms with Gasteiger partial charge in [0, 0.05) is 35.6 Å². The first-order valence-corrected chi connectivity index (χ1v) is 7.18. The summed E-state index contributed by atoms with van der Waals surface area (Å²) in [7, 11) is 0. The Morgan fingerprint density at radius 1 is 1.26 bits per heavy atom. The summed E-state index contributed by atoms with van der Waals surface area (Å²) in [6, 6.07) is 5.81. The first kappa shape index (κ1) is 16.3. The third-order valence-corrected chi connectivity index (χ3v) is 3.22.